The number of fused-ring (bicyclic) bond motifs is 1. The molecule has 0 saturated heterocycles. The molecule has 1 amide bonds. The first-order valence-electron chi connectivity index (χ1n) is 6.71. The molecular weight excluding hydrogens is 271 g/mol. The predicted molar refractivity (Wildman–Crippen MR) is 77.6 cm³/mol. The highest BCUT2D eigenvalue weighted by Crippen LogP contribution is 2.21. The lowest BCUT2D eigenvalue weighted by Gasteiger charge is -2.05. The molecule has 2 aromatic heterocycles. The van der Waals surface area contributed by atoms with Gasteiger partial charge in [0.15, 0.2) is 0 Å². The van der Waals surface area contributed by atoms with E-state index in [1.807, 2.05) is 12.1 Å². The molecule has 0 aliphatic rings. The molecule has 0 saturated carbocycles. The van der Waals surface area contributed by atoms with Crippen molar-refractivity contribution >= 4 is 16.8 Å². The van der Waals surface area contributed by atoms with Gasteiger partial charge in [0.2, 0.25) is 0 Å². The van der Waals surface area contributed by atoms with Crippen LogP contribution in [0, 0.1) is 5.82 Å². The van der Waals surface area contributed by atoms with Gasteiger partial charge in [-0.25, -0.2) is 4.39 Å². The van der Waals surface area contributed by atoms with Crippen molar-refractivity contribution in [2.45, 2.75) is 6.42 Å². The fraction of sp³-hybridized carbons (Fsp3) is 0.188. The molecule has 108 valence electrons. The van der Waals surface area contributed by atoms with Crippen molar-refractivity contribution in [1.29, 1.82) is 0 Å². The van der Waals surface area contributed by atoms with E-state index in [0.717, 1.165) is 5.76 Å². The van der Waals surface area contributed by atoms with Crippen LogP contribution in [-0.4, -0.2) is 17.0 Å². The number of nitrogens with one attached hydrogen (secondary N) is 1. The molecule has 1 aromatic carbocycles. The lowest BCUT2D eigenvalue weighted by Crippen LogP contribution is -2.27. The Morgan fingerprint density at radius 1 is 1.33 bits per heavy atom. The average Bonchev–Trinajstić information content (AvgIpc) is 3.08. The van der Waals surface area contributed by atoms with Gasteiger partial charge in [-0.05, 0) is 30.3 Å². The summed E-state index contributed by atoms with van der Waals surface area (Å²) in [7, 11) is 1.75. The Labute approximate surface area is 121 Å². The summed E-state index contributed by atoms with van der Waals surface area (Å²) in [6.45, 7) is 0.469. The lowest BCUT2D eigenvalue weighted by atomic mass is 10.2. The third-order valence-electron chi connectivity index (χ3n) is 3.50. The van der Waals surface area contributed by atoms with E-state index in [0.29, 0.717) is 29.6 Å². The number of aryl methyl sites for hydroxylation is 1. The third kappa shape index (κ3) is 2.54. The van der Waals surface area contributed by atoms with Crippen LogP contribution >= 0.6 is 0 Å². The van der Waals surface area contributed by atoms with Crippen molar-refractivity contribution in [2.75, 3.05) is 6.54 Å². The molecule has 0 spiro atoms. The molecule has 3 aromatic rings. The summed E-state index contributed by atoms with van der Waals surface area (Å²) in [6, 6.07) is 10.1. The molecule has 0 atom stereocenters. The van der Waals surface area contributed by atoms with E-state index in [-0.39, 0.29) is 11.7 Å². The second kappa shape index (κ2) is 5.44. The van der Waals surface area contributed by atoms with E-state index in [2.05, 4.69) is 5.32 Å². The lowest BCUT2D eigenvalue weighted by molar-refractivity contribution is 0.0946. The van der Waals surface area contributed by atoms with Gasteiger partial charge in [0.05, 0.1) is 11.8 Å². The smallest absolute Gasteiger partial charge is 0.267 e. The Morgan fingerprint density at radius 3 is 2.90 bits per heavy atom. The molecule has 0 radical (unpaired) electrons. The second-order valence-corrected chi connectivity index (χ2v) is 4.85. The summed E-state index contributed by atoms with van der Waals surface area (Å²) in [4.78, 5) is 12.2. The van der Waals surface area contributed by atoms with Gasteiger partial charge in [-0.3, -0.25) is 4.79 Å². The average molecular weight is 286 g/mol. The molecule has 0 unspecified atom stereocenters. The maximum atomic E-state index is 13.7. The molecule has 4 nitrogen and oxygen atoms in total. The Hall–Kier alpha value is -2.56. The summed E-state index contributed by atoms with van der Waals surface area (Å²) < 4.78 is 20.6. The van der Waals surface area contributed by atoms with Gasteiger partial charge in [0, 0.05) is 25.4 Å². The summed E-state index contributed by atoms with van der Waals surface area (Å²) in [5.41, 5.74) is 1.14. The minimum atomic E-state index is -0.322. The van der Waals surface area contributed by atoms with E-state index < -0.39 is 0 Å². The van der Waals surface area contributed by atoms with Crippen LogP contribution in [0.4, 0.5) is 4.39 Å². The first-order valence-corrected chi connectivity index (χ1v) is 6.71. The number of benzene rings is 1. The Balaban J connectivity index is 1.75. The van der Waals surface area contributed by atoms with E-state index in [1.165, 1.54) is 6.07 Å². The number of nitrogens with zero attached hydrogens (tertiary/aromatic N) is 1. The van der Waals surface area contributed by atoms with Gasteiger partial charge in [-0.2, -0.15) is 0 Å². The van der Waals surface area contributed by atoms with Crippen molar-refractivity contribution in [3.05, 3.63) is 59.9 Å². The number of amides is 1. The number of rotatable bonds is 4. The van der Waals surface area contributed by atoms with E-state index in [9.17, 15) is 9.18 Å². The maximum Gasteiger partial charge on any atom is 0.267 e. The largest absolute Gasteiger partial charge is 0.469 e. The first-order chi connectivity index (χ1) is 10.2. The minimum Gasteiger partial charge on any atom is -0.469 e. The van der Waals surface area contributed by atoms with Crippen LogP contribution in [0.15, 0.2) is 47.1 Å². The fourth-order valence-electron chi connectivity index (χ4n) is 2.39. The molecule has 0 aliphatic heterocycles. The molecule has 3 rings (SSSR count). The fourth-order valence-corrected chi connectivity index (χ4v) is 2.39. The van der Waals surface area contributed by atoms with E-state index >= 15 is 0 Å². The number of hydrogen-bond acceptors (Lipinski definition) is 2. The molecule has 0 bridgehead atoms. The summed E-state index contributed by atoms with van der Waals surface area (Å²) in [5, 5.41) is 3.27. The maximum absolute atomic E-state index is 13.7. The number of halogens is 1. The van der Waals surface area contributed by atoms with Crippen molar-refractivity contribution in [3.63, 3.8) is 0 Å². The van der Waals surface area contributed by atoms with Crippen molar-refractivity contribution in [1.82, 2.24) is 9.88 Å². The predicted octanol–water partition coefficient (Wildman–Crippen LogP) is 2.88. The van der Waals surface area contributed by atoms with Crippen LogP contribution in [-0.2, 0) is 13.5 Å². The zero-order chi connectivity index (χ0) is 14.8. The van der Waals surface area contributed by atoms with Crippen molar-refractivity contribution in [3.8, 4) is 0 Å². The summed E-state index contributed by atoms with van der Waals surface area (Å²) in [6.07, 6.45) is 2.22. The molecule has 5 heteroatoms. The quantitative estimate of drug-likeness (QED) is 0.801. The minimum absolute atomic E-state index is 0.223. The Bertz CT molecular complexity index is 775. The zero-order valence-electron chi connectivity index (χ0n) is 11.6. The molecule has 2 heterocycles. The Kier molecular flexibility index (Phi) is 3.48. The SMILES string of the molecule is Cn1c(C(=O)NCCc2ccco2)cc2c(F)cccc21. The summed E-state index contributed by atoms with van der Waals surface area (Å²) >= 11 is 0. The number of hydrogen-bond donors (Lipinski definition) is 1. The molecule has 0 fully saturated rings. The van der Waals surface area contributed by atoms with Crippen LogP contribution in [0.1, 0.15) is 16.2 Å². The normalized spacial score (nSPS) is 11.0. The van der Waals surface area contributed by atoms with Crippen LogP contribution in [0.3, 0.4) is 0 Å². The van der Waals surface area contributed by atoms with Gasteiger partial charge in [-0.15, -0.1) is 0 Å². The topological polar surface area (TPSA) is 47.2 Å². The highest BCUT2D eigenvalue weighted by molar-refractivity contribution is 5.98. The second-order valence-electron chi connectivity index (χ2n) is 4.85. The summed E-state index contributed by atoms with van der Waals surface area (Å²) in [5.74, 6) is 0.274. The van der Waals surface area contributed by atoms with Gasteiger partial charge in [-0.1, -0.05) is 6.07 Å². The highest BCUT2D eigenvalue weighted by Gasteiger charge is 2.14. The van der Waals surface area contributed by atoms with Gasteiger partial charge in [0.25, 0.3) is 5.91 Å². The van der Waals surface area contributed by atoms with Gasteiger partial charge >= 0.3 is 0 Å². The molecule has 1 N–H and O–H groups in total. The number of carbonyl (C=O) groups is 1. The molecule has 21 heavy (non-hydrogen) atoms. The van der Waals surface area contributed by atoms with Crippen LogP contribution in [0.25, 0.3) is 10.9 Å². The van der Waals surface area contributed by atoms with Crippen LogP contribution in [0.5, 0.6) is 0 Å². The van der Waals surface area contributed by atoms with Crippen LogP contribution in [0.2, 0.25) is 0 Å². The third-order valence-corrected chi connectivity index (χ3v) is 3.50. The molecular formula is C16H15FN2O2. The van der Waals surface area contributed by atoms with Crippen molar-refractivity contribution in [2.24, 2.45) is 7.05 Å². The number of carbonyl (C=O) groups excluding carboxylic acids is 1. The number of aromatic nitrogens is 1. The Morgan fingerprint density at radius 2 is 2.19 bits per heavy atom. The van der Waals surface area contributed by atoms with E-state index in [4.69, 9.17) is 4.42 Å². The van der Waals surface area contributed by atoms with Crippen LogP contribution < -0.4 is 5.32 Å². The monoisotopic (exact) mass is 286 g/mol. The standard InChI is InChI=1S/C16H15FN2O2/c1-19-14-6-2-5-13(17)12(14)10-15(19)16(20)18-8-7-11-4-3-9-21-11/h2-6,9-10H,7-8H2,1H3,(H,18,20). The van der Waals surface area contributed by atoms with Gasteiger partial charge in [0.1, 0.15) is 17.3 Å². The highest BCUT2D eigenvalue weighted by atomic mass is 19.1. The zero-order valence-corrected chi connectivity index (χ0v) is 11.6. The molecule has 0 aliphatic carbocycles. The van der Waals surface area contributed by atoms with E-state index in [1.54, 1.807) is 36.1 Å². The van der Waals surface area contributed by atoms with Gasteiger partial charge < -0.3 is 14.3 Å². The first kappa shape index (κ1) is 13.4. The van der Waals surface area contributed by atoms with Crippen molar-refractivity contribution < 1.29 is 13.6 Å². The number of furan rings is 1.